The van der Waals surface area contributed by atoms with Gasteiger partial charge in [-0.2, -0.15) is 0 Å². The fraction of sp³-hybridized carbons (Fsp3) is 0.435. The number of nitrogens with zero attached hydrogens (tertiary/aromatic N) is 3. The molecule has 1 aliphatic heterocycles. The molecule has 1 atom stereocenters. The van der Waals surface area contributed by atoms with Gasteiger partial charge in [-0.15, -0.1) is 0 Å². The maximum atomic E-state index is 11.4. The summed E-state index contributed by atoms with van der Waals surface area (Å²) in [7, 11) is 1.44. The molecule has 0 aliphatic carbocycles. The molecule has 0 N–H and O–H groups in total. The molecule has 4 rings (SSSR count). The van der Waals surface area contributed by atoms with Crippen LogP contribution in [0.5, 0.6) is 0 Å². The van der Waals surface area contributed by atoms with Crippen molar-refractivity contribution < 1.29 is 13.9 Å². The number of carbonyl (C=O) groups is 1. The van der Waals surface area contributed by atoms with Crippen LogP contribution in [0.3, 0.4) is 0 Å². The van der Waals surface area contributed by atoms with Gasteiger partial charge < -0.3 is 14.1 Å². The Balaban J connectivity index is 1.48. The lowest BCUT2D eigenvalue weighted by molar-refractivity contribution is -0.140. The summed E-state index contributed by atoms with van der Waals surface area (Å²) in [5, 5.41) is 0.971. The monoisotopic (exact) mass is 471 g/mol. The highest BCUT2D eigenvalue weighted by molar-refractivity contribution is 9.10. The molecule has 1 saturated heterocycles. The standard InChI is InChI=1S/C23H26BrN3O3/c1-29-19(28)10-6-12-27-11-5-7-16(14-27)13-18-20-21(24)22(17-8-3-2-4-9-17)30-23(20)26-15-25-18/h2-4,8-9,15-16H,5-7,10-14H2,1H3/t16-/m0/s1. The van der Waals surface area contributed by atoms with E-state index in [1.165, 1.54) is 20.0 Å². The van der Waals surface area contributed by atoms with E-state index in [2.05, 4.69) is 30.8 Å². The van der Waals surface area contributed by atoms with Crippen molar-refractivity contribution in [3.05, 3.63) is 46.8 Å². The minimum Gasteiger partial charge on any atom is -0.469 e. The summed E-state index contributed by atoms with van der Waals surface area (Å²) in [5.41, 5.74) is 2.67. The SMILES string of the molecule is COC(=O)CCCN1CCC[C@@H](Cc2ncnc3oc(-c4ccccc4)c(Br)c23)C1. The zero-order valence-electron chi connectivity index (χ0n) is 17.1. The van der Waals surface area contributed by atoms with Crippen LogP contribution in [-0.2, 0) is 16.0 Å². The molecular formula is C23H26BrN3O3. The third-order valence-corrected chi connectivity index (χ3v) is 6.47. The van der Waals surface area contributed by atoms with Crippen LogP contribution in [0.15, 0.2) is 45.5 Å². The molecule has 7 heteroatoms. The fourth-order valence-electron chi connectivity index (χ4n) is 4.23. The number of carbonyl (C=O) groups excluding carboxylic acids is 1. The van der Waals surface area contributed by atoms with Crippen LogP contribution in [0.25, 0.3) is 22.4 Å². The highest BCUT2D eigenvalue weighted by Crippen LogP contribution is 2.38. The zero-order chi connectivity index (χ0) is 20.9. The van der Waals surface area contributed by atoms with E-state index < -0.39 is 0 Å². The summed E-state index contributed by atoms with van der Waals surface area (Å²) in [6, 6.07) is 10.0. The fourth-order valence-corrected chi connectivity index (χ4v) is 4.94. The summed E-state index contributed by atoms with van der Waals surface area (Å²) in [6.45, 7) is 3.04. The van der Waals surface area contributed by atoms with Crippen molar-refractivity contribution in [2.45, 2.75) is 32.1 Å². The quantitative estimate of drug-likeness (QED) is 0.458. The van der Waals surface area contributed by atoms with Crippen LogP contribution < -0.4 is 0 Å². The third kappa shape index (κ3) is 4.73. The number of rotatable bonds is 7. The number of benzene rings is 1. The maximum absolute atomic E-state index is 11.4. The number of methoxy groups -OCH3 is 1. The second-order valence-electron chi connectivity index (χ2n) is 7.80. The first kappa shape index (κ1) is 21.0. The number of likely N-dealkylation sites (tertiary alicyclic amines) is 1. The number of ether oxygens (including phenoxy) is 1. The van der Waals surface area contributed by atoms with Crippen LogP contribution in [0.1, 0.15) is 31.4 Å². The first-order chi connectivity index (χ1) is 14.7. The van der Waals surface area contributed by atoms with E-state index in [0.29, 0.717) is 18.1 Å². The van der Waals surface area contributed by atoms with E-state index in [9.17, 15) is 4.79 Å². The van der Waals surface area contributed by atoms with Gasteiger partial charge in [0, 0.05) is 18.5 Å². The first-order valence-electron chi connectivity index (χ1n) is 10.4. The smallest absolute Gasteiger partial charge is 0.305 e. The summed E-state index contributed by atoms with van der Waals surface area (Å²) in [6.07, 6.45) is 6.15. The Kier molecular flexibility index (Phi) is 6.79. The number of hydrogen-bond donors (Lipinski definition) is 0. The molecule has 1 aromatic carbocycles. The van der Waals surface area contributed by atoms with Gasteiger partial charge in [0.25, 0.3) is 0 Å². The number of furan rings is 1. The van der Waals surface area contributed by atoms with Crippen molar-refractivity contribution in [3.63, 3.8) is 0 Å². The van der Waals surface area contributed by atoms with Crippen LogP contribution in [-0.4, -0.2) is 47.6 Å². The summed E-state index contributed by atoms with van der Waals surface area (Å²) >= 11 is 3.74. The largest absolute Gasteiger partial charge is 0.469 e. The third-order valence-electron chi connectivity index (χ3n) is 5.71. The number of hydrogen-bond acceptors (Lipinski definition) is 6. The Morgan fingerprint density at radius 1 is 1.30 bits per heavy atom. The van der Waals surface area contributed by atoms with Gasteiger partial charge in [0.1, 0.15) is 6.33 Å². The van der Waals surface area contributed by atoms with Crippen molar-refractivity contribution in [3.8, 4) is 11.3 Å². The van der Waals surface area contributed by atoms with Gasteiger partial charge in [0.05, 0.1) is 22.7 Å². The Morgan fingerprint density at radius 3 is 2.93 bits per heavy atom. The second kappa shape index (κ2) is 9.71. The summed E-state index contributed by atoms with van der Waals surface area (Å²) < 4.78 is 11.7. The Morgan fingerprint density at radius 2 is 2.13 bits per heavy atom. The normalized spacial score (nSPS) is 17.3. The molecule has 6 nitrogen and oxygen atoms in total. The molecule has 2 aromatic heterocycles. The Labute approximate surface area is 184 Å². The zero-order valence-corrected chi connectivity index (χ0v) is 18.7. The molecule has 1 aliphatic rings. The molecule has 0 spiro atoms. The molecular weight excluding hydrogens is 446 g/mol. The average molecular weight is 472 g/mol. The van der Waals surface area contributed by atoms with Crippen LogP contribution in [0.4, 0.5) is 0 Å². The minimum atomic E-state index is -0.133. The van der Waals surface area contributed by atoms with Gasteiger partial charge in [-0.3, -0.25) is 4.79 Å². The van der Waals surface area contributed by atoms with Gasteiger partial charge >= 0.3 is 5.97 Å². The van der Waals surface area contributed by atoms with E-state index >= 15 is 0 Å². The maximum Gasteiger partial charge on any atom is 0.305 e. The molecule has 30 heavy (non-hydrogen) atoms. The van der Waals surface area contributed by atoms with Crippen molar-refractivity contribution in [1.82, 2.24) is 14.9 Å². The Bertz CT molecular complexity index is 1010. The van der Waals surface area contributed by atoms with E-state index in [1.54, 1.807) is 6.33 Å². The number of aromatic nitrogens is 2. The molecule has 158 valence electrons. The van der Waals surface area contributed by atoms with Crippen LogP contribution >= 0.6 is 15.9 Å². The predicted molar refractivity (Wildman–Crippen MR) is 119 cm³/mol. The Hall–Kier alpha value is -2.25. The van der Waals surface area contributed by atoms with Crippen molar-refractivity contribution in [2.24, 2.45) is 5.92 Å². The molecule has 0 radical (unpaired) electrons. The molecule has 3 aromatic rings. The highest BCUT2D eigenvalue weighted by Gasteiger charge is 2.24. The summed E-state index contributed by atoms with van der Waals surface area (Å²) in [4.78, 5) is 22.8. The molecule has 1 fully saturated rings. The number of halogens is 1. The molecule has 0 unspecified atom stereocenters. The number of piperidine rings is 1. The second-order valence-corrected chi connectivity index (χ2v) is 8.60. The molecule has 3 heterocycles. The van der Waals surface area contributed by atoms with Gasteiger partial charge in [-0.05, 0) is 60.6 Å². The van der Waals surface area contributed by atoms with E-state index in [0.717, 1.165) is 59.4 Å². The van der Waals surface area contributed by atoms with Crippen LogP contribution in [0.2, 0.25) is 0 Å². The van der Waals surface area contributed by atoms with Crippen molar-refractivity contribution in [2.75, 3.05) is 26.7 Å². The average Bonchev–Trinajstić information content (AvgIpc) is 3.12. The van der Waals surface area contributed by atoms with Gasteiger partial charge in [0.15, 0.2) is 5.76 Å². The summed E-state index contributed by atoms with van der Waals surface area (Å²) in [5.74, 6) is 1.18. The topological polar surface area (TPSA) is 68.5 Å². The van der Waals surface area contributed by atoms with E-state index in [4.69, 9.17) is 9.15 Å². The molecule has 0 amide bonds. The predicted octanol–water partition coefficient (Wildman–Crippen LogP) is 4.86. The van der Waals surface area contributed by atoms with Crippen molar-refractivity contribution in [1.29, 1.82) is 0 Å². The van der Waals surface area contributed by atoms with Crippen molar-refractivity contribution >= 4 is 33.0 Å². The highest BCUT2D eigenvalue weighted by atomic mass is 79.9. The van der Waals surface area contributed by atoms with Gasteiger partial charge in [-0.25, -0.2) is 9.97 Å². The van der Waals surface area contributed by atoms with Gasteiger partial charge in [0.2, 0.25) is 5.71 Å². The van der Waals surface area contributed by atoms with Gasteiger partial charge in [-0.1, -0.05) is 30.3 Å². The number of fused-ring (bicyclic) bond motifs is 1. The first-order valence-corrected chi connectivity index (χ1v) is 11.2. The van der Waals surface area contributed by atoms with E-state index in [1.807, 2.05) is 30.3 Å². The minimum absolute atomic E-state index is 0.133. The lowest BCUT2D eigenvalue weighted by atomic mass is 9.92. The van der Waals surface area contributed by atoms with Crippen LogP contribution in [0, 0.1) is 5.92 Å². The van der Waals surface area contributed by atoms with E-state index in [-0.39, 0.29) is 5.97 Å². The lowest BCUT2D eigenvalue weighted by Gasteiger charge is -2.32. The lowest BCUT2D eigenvalue weighted by Crippen LogP contribution is -2.37. The molecule has 0 saturated carbocycles. The molecule has 0 bridgehead atoms. The number of esters is 1.